The van der Waals surface area contributed by atoms with Crippen molar-refractivity contribution in [2.75, 3.05) is 5.32 Å². The van der Waals surface area contributed by atoms with Gasteiger partial charge in [0.2, 0.25) is 0 Å². The first-order chi connectivity index (χ1) is 11.0. The molecule has 0 saturated heterocycles. The van der Waals surface area contributed by atoms with Crippen LogP contribution in [0, 0.1) is 0 Å². The van der Waals surface area contributed by atoms with Gasteiger partial charge in [0.15, 0.2) is 0 Å². The van der Waals surface area contributed by atoms with Crippen LogP contribution in [0.1, 0.15) is 39.1 Å². The van der Waals surface area contributed by atoms with Crippen LogP contribution < -0.4 is 5.32 Å². The Morgan fingerprint density at radius 2 is 1.83 bits per heavy atom. The summed E-state index contributed by atoms with van der Waals surface area (Å²) < 4.78 is 0. The molecule has 116 valence electrons. The maximum Gasteiger partial charge on any atom is 0.284 e. The molecule has 1 heterocycles. The molecule has 0 radical (unpaired) electrons. The van der Waals surface area contributed by atoms with Crippen molar-refractivity contribution in [3.8, 4) is 0 Å². The maximum atomic E-state index is 12.1. The van der Waals surface area contributed by atoms with Crippen LogP contribution in [-0.2, 0) is 4.79 Å². The topological polar surface area (TPSA) is 86.7 Å². The fourth-order valence-corrected chi connectivity index (χ4v) is 2.52. The van der Waals surface area contributed by atoms with Gasteiger partial charge in [0, 0.05) is 16.8 Å². The number of hydroxylamine groups is 2. The van der Waals surface area contributed by atoms with Crippen molar-refractivity contribution in [3.05, 3.63) is 65.2 Å². The van der Waals surface area contributed by atoms with Gasteiger partial charge in [-0.05, 0) is 36.8 Å². The smallest absolute Gasteiger partial charge is 0.284 e. The zero-order chi connectivity index (χ0) is 16.6. The number of anilines is 1. The summed E-state index contributed by atoms with van der Waals surface area (Å²) >= 11 is 0. The van der Waals surface area contributed by atoms with Crippen molar-refractivity contribution < 1.29 is 19.6 Å². The third kappa shape index (κ3) is 2.60. The molecule has 0 fully saturated rings. The van der Waals surface area contributed by atoms with E-state index in [1.807, 2.05) is 6.07 Å². The molecule has 2 aromatic rings. The zero-order valence-corrected chi connectivity index (χ0v) is 12.3. The molecule has 0 saturated carbocycles. The lowest BCUT2D eigenvalue weighted by Crippen LogP contribution is -2.41. The van der Waals surface area contributed by atoms with Crippen LogP contribution in [0.25, 0.3) is 0 Å². The minimum absolute atomic E-state index is 0.121. The van der Waals surface area contributed by atoms with Gasteiger partial charge in [-0.2, -0.15) is 5.06 Å². The highest BCUT2D eigenvalue weighted by Crippen LogP contribution is 2.30. The fraction of sp³-hybridized carbons (Fsp3) is 0.118. The Hall–Kier alpha value is -2.99. The number of rotatable bonds is 2. The van der Waals surface area contributed by atoms with E-state index in [0.29, 0.717) is 16.8 Å². The summed E-state index contributed by atoms with van der Waals surface area (Å²) in [4.78, 5) is 35.9. The molecule has 1 aliphatic heterocycles. The molecule has 1 atom stereocenters. The molecule has 3 rings (SSSR count). The number of benzene rings is 2. The zero-order valence-electron chi connectivity index (χ0n) is 12.3. The first kappa shape index (κ1) is 14.9. The van der Waals surface area contributed by atoms with E-state index in [0.717, 1.165) is 0 Å². The standard InChI is InChI=1S/C17H14N2O4/c1-10-13-8-7-12(9-14(13)17(22)19(23)16(10)21)18-15(20)11-5-3-2-4-6-11/h2-10,23H,1H3,(H,18,20). The first-order valence-electron chi connectivity index (χ1n) is 7.06. The number of hydrogen-bond acceptors (Lipinski definition) is 4. The SMILES string of the molecule is CC1C(=O)N(O)C(=O)c2cc(NC(=O)c3ccccc3)ccc21. The molecular formula is C17H14N2O4. The Labute approximate surface area is 132 Å². The predicted octanol–water partition coefficient (Wildman–Crippen LogP) is 2.41. The lowest BCUT2D eigenvalue weighted by Gasteiger charge is -2.26. The number of imide groups is 1. The Kier molecular flexibility index (Phi) is 3.67. The van der Waals surface area contributed by atoms with Gasteiger partial charge < -0.3 is 5.32 Å². The molecule has 3 amide bonds. The molecule has 0 aromatic heterocycles. The second kappa shape index (κ2) is 5.66. The summed E-state index contributed by atoms with van der Waals surface area (Å²) in [7, 11) is 0. The van der Waals surface area contributed by atoms with Gasteiger partial charge in [0.25, 0.3) is 17.7 Å². The van der Waals surface area contributed by atoms with Crippen LogP contribution >= 0.6 is 0 Å². The van der Waals surface area contributed by atoms with Gasteiger partial charge in [-0.25, -0.2) is 0 Å². The van der Waals surface area contributed by atoms with Gasteiger partial charge in [0.1, 0.15) is 0 Å². The number of nitrogens with one attached hydrogen (secondary N) is 1. The van der Waals surface area contributed by atoms with Crippen LogP contribution in [-0.4, -0.2) is 28.0 Å². The lowest BCUT2D eigenvalue weighted by molar-refractivity contribution is -0.156. The van der Waals surface area contributed by atoms with Crippen LogP contribution in [0.3, 0.4) is 0 Å². The number of carbonyl (C=O) groups is 3. The first-order valence-corrected chi connectivity index (χ1v) is 7.06. The maximum absolute atomic E-state index is 12.1. The molecule has 0 bridgehead atoms. The Balaban J connectivity index is 1.91. The molecule has 23 heavy (non-hydrogen) atoms. The third-order valence-electron chi connectivity index (χ3n) is 3.82. The predicted molar refractivity (Wildman–Crippen MR) is 82.2 cm³/mol. The highest BCUT2D eigenvalue weighted by molar-refractivity contribution is 6.11. The van der Waals surface area contributed by atoms with Gasteiger partial charge in [-0.15, -0.1) is 0 Å². The molecule has 2 N–H and O–H groups in total. The van der Waals surface area contributed by atoms with Gasteiger partial charge in [0.05, 0.1) is 5.92 Å². The van der Waals surface area contributed by atoms with E-state index in [1.165, 1.54) is 6.07 Å². The molecule has 2 aromatic carbocycles. The van der Waals surface area contributed by atoms with Crippen molar-refractivity contribution in [1.29, 1.82) is 0 Å². The van der Waals surface area contributed by atoms with Gasteiger partial charge >= 0.3 is 0 Å². The highest BCUT2D eigenvalue weighted by atomic mass is 16.5. The summed E-state index contributed by atoms with van der Waals surface area (Å²) in [6.45, 7) is 1.61. The van der Waals surface area contributed by atoms with Crippen LogP contribution in [0.5, 0.6) is 0 Å². The van der Waals surface area contributed by atoms with Crippen molar-refractivity contribution in [3.63, 3.8) is 0 Å². The molecule has 1 aliphatic rings. The molecular weight excluding hydrogens is 296 g/mol. The second-order valence-electron chi connectivity index (χ2n) is 5.30. The monoisotopic (exact) mass is 310 g/mol. The fourth-order valence-electron chi connectivity index (χ4n) is 2.52. The Bertz CT molecular complexity index is 801. The summed E-state index contributed by atoms with van der Waals surface area (Å²) in [6, 6.07) is 13.4. The number of fused-ring (bicyclic) bond motifs is 1. The second-order valence-corrected chi connectivity index (χ2v) is 5.30. The summed E-state index contributed by atoms with van der Waals surface area (Å²) in [5.41, 5.74) is 1.64. The largest absolute Gasteiger partial charge is 0.322 e. The van der Waals surface area contributed by atoms with Crippen LogP contribution in [0.2, 0.25) is 0 Å². The van der Waals surface area contributed by atoms with Gasteiger partial charge in [-0.3, -0.25) is 19.6 Å². The Morgan fingerprint density at radius 3 is 2.52 bits per heavy atom. The quantitative estimate of drug-likeness (QED) is 0.659. The van der Waals surface area contributed by atoms with Crippen molar-refractivity contribution in [1.82, 2.24) is 5.06 Å². The van der Waals surface area contributed by atoms with E-state index in [4.69, 9.17) is 0 Å². The van der Waals surface area contributed by atoms with Crippen LogP contribution in [0.15, 0.2) is 48.5 Å². The van der Waals surface area contributed by atoms with Crippen molar-refractivity contribution >= 4 is 23.4 Å². The van der Waals surface area contributed by atoms with E-state index in [9.17, 15) is 19.6 Å². The van der Waals surface area contributed by atoms with E-state index >= 15 is 0 Å². The number of amides is 3. The van der Waals surface area contributed by atoms with Crippen LogP contribution in [0.4, 0.5) is 5.69 Å². The van der Waals surface area contributed by atoms with E-state index < -0.39 is 17.7 Å². The summed E-state index contributed by atoms with van der Waals surface area (Å²) in [6.07, 6.45) is 0. The van der Waals surface area contributed by atoms with Crippen molar-refractivity contribution in [2.24, 2.45) is 0 Å². The minimum Gasteiger partial charge on any atom is -0.322 e. The molecule has 6 nitrogen and oxygen atoms in total. The van der Waals surface area contributed by atoms with Crippen molar-refractivity contribution in [2.45, 2.75) is 12.8 Å². The van der Waals surface area contributed by atoms with E-state index in [-0.39, 0.29) is 16.5 Å². The number of nitrogens with zero attached hydrogens (tertiary/aromatic N) is 1. The average molecular weight is 310 g/mol. The van der Waals surface area contributed by atoms with E-state index in [2.05, 4.69) is 5.32 Å². The number of hydrogen-bond donors (Lipinski definition) is 2. The highest BCUT2D eigenvalue weighted by Gasteiger charge is 2.35. The third-order valence-corrected chi connectivity index (χ3v) is 3.82. The average Bonchev–Trinajstić information content (AvgIpc) is 2.58. The molecule has 0 spiro atoms. The molecule has 0 aliphatic carbocycles. The van der Waals surface area contributed by atoms with E-state index in [1.54, 1.807) is 43.3 Å². The Morgan fingerprint density at radius 1 is 1.13 bits per heavy atom. The number of carbonyl (C=O) groups excluding carboxylic acids is 3. The molecule has 1 unspecified atom stereocenters. The van der Waals surface area contributed by atoms with Gasteiger partial charge in [-0.1, -0.05) is 24.3 Å². The normalized spacial score (nSPS) is 17.0. The summed E-state index contributed by atoms with van der Waals surface area (Å²) in [5.74, 6) is -2.38. The summed E-state index contributed by atoms with van der Waals surface area (Å²) in [5, 5.41) is 12.4. The molecule has 6 heteroatoms. The lowest BCUT2D eigenvalue weighted by atomic mass is 9.90. The minimum atomic E-state index is -0.793.